The summed E-state index contributed by atoms with van der Waals surface area (Å²) >= 11 is 0. The molecule has 0 unspecified atom stereocenters. The zero-order valence-corrected chi connectivity index (χ0v) is 22.3. The molecule has 1 fully saturated rings. The molecule has 0 aromatic heterocycles. The number of carbonyl (C=O) groups is 1. The second kappa shape index (κ2) is 8.85. The smallest absolute Gasteiger partial charge is 0.309 e. The maximum Gasteiger partial charge on any atom is 0.309 e. The predicted molar refractivity (Wildman–Crippen MR) is 137 cm³/mol. The molecule has 4 atom stereocenters. The fourth-order valence-corrected chi connectivity index (χ4v) is 5.20. The third-order valence-electron chi connectivity index (χ3n) is 7.54. The van der Waals surface area contributed by atoms with Crippen molar-refractivity contribution in [2.24, 2.45) is 11.8 Å². The molecule has 0 radical (unpaired) electrons. The van der Waals surface area contributed by atoms with Gasteiger partial charge in [0.05, 0.1) is 12.0 Å². The first-order valence-electron chi connectivity index (χ1n) is 12.6. The van der Waals surface area contributed by atoms with Crippen LogP contribution in [0.4, 0.5) is 0 Å². The molecule has 1 saturated heterocycles. The number of carboxylic acid groups (broad SMARTS) is 1. The standard InChI is InChI=1S/C30H40O5/c1-28(2,3)18-9-12-20(13-10-18)33-17-25-22(27(31)32)16-23-26(34-25)21-15-19(29(4,5)6)11-14-24(21)35-30(23,7)8/h9-15,22-23,25-26H,16-17H2,1-8H3,(H,31,32)/t22-,23+,25+,26-/m1/s1. The van der Waals surface area contributed by atoms with Crippen molar-refractivity contribution in [1.82, 2.24) is 0 Å². The minimum Gasteiger partial charge on any atom is -0.491 e. The molecule has 1 N–H and O–H groups in total. The van der Waals surface area contributed by atoms with E-state index in [0.29, 0.717) is 6.42 Å². The molecule has 0 amide bonds. The minimum atomic E-state index is -0.856. The van der Waals surface area contributed by atoms with Crippen molar-refractivity contribution in [2.75, 3.05) is 6.61 Å². The summed E-state index contributed by atoms with van der Waals surface area (Å²) in [5, 5.41) is 10.1. The van der Waals surface area contributed by atoms with Crippen LogP contribution >= 0.6 is 0 Å². The van der Waals surface area contributed by atoms with E-state index in [1.54, 1.807) is 0 Å². The molecule has 35 heavy (non-hydrogen) atoms. The van der Waals surface area contributed by atoms with Crippen LogP contribution in [0.15, 0.2) is 42.5 Å². The Kier molecular flexibility index (Phi) is 6.46. The Morgan fingerprint density at radius 2 is 1.60 bits per heavy atom. The maximum atomic E-state index is 12.3. The first-order chi connectivity index (χ1) is 16.2. The Morgan fingerprint density at radius 3 is 2.17 bits per heavy atom. The third-order valence-corrected chi connectivity index (χ3v) is 7.54. The highest BCUT2D eigenvalue weighted by Gasteiger charge is 2.52. The Balaban J connectivity index is 1.61. The molecule has 2 aliphatic rings. The van der Waals surface area contributed by atoms with E-state index < -0.39 is 23.6 Å². The van der Waals surface area contributed by atoms with Gasteiger partial charge in [-0.1, -0.05) is 59.7 Å². The molecular weight excluding hydrogens is 440 g/mol. The van der Waals surface area contributed by atoms with Gasteiger partial charge in [-0.2, -0.15) is 0 Å². The summed E-state index contributed by atoms with van der Waals surface area (Å²) in [6.07, 6.45) is -0.331. The van der Waals surface area contributed by atoms with Gasteiger partial charge in [-0.05, 0) is 66.5 Å². The molecule has 4 rings (SSSR count). The van der Waals surface area contributed by atoms with Crippen molar-refractivity contribution in [1.29, 1.82) is 0 Å². The summed E-state index contributed by atoms with van der Waals surface area (Å²) in [7, 11) is 0. The van der Waals surface area contributed by atoms with Crippen molar-refractivity contribution in [3.63, 3.8) is 0 Å². The van der Waals surface area contributed by atoms with Crippen molar-refractivity contribution < 1.29 is 24.1 Å². The van der Waals surface area contributed by atoms with Crippen molar-refractivity contribution >= 4 is 5.97 Å². The number of hydrogen-bond acceptors (Lipinski definition) is 4. The van der Waals surface area contributed by atoms with Gasteiger partial charge in [0.1, 0.15) is 29.8 Å². The van der Waals surface area contributed by atoms with E-state index in [2.05, 4.69) is 65.8 Å². The van der Waals surface area contributed by atoms with Crippen LogP contribution in [-0.4, -0.2) is 29.4 Å². The van der Waals surface area contributed by atoms with Crippen LogP contribution in [0.3, 0.4) is 0 Å². The van der Waals surface area contributed by atoms with Crippen LogP contribution in [0.1, 0.15) is 84.6 Å². The van der Waals surface area contributed by atoms with E-state index in [1.807, 2.05) is 32.0 Å². The van der Waals surface area contributed by atoms with Crippen molar-refractivity contribution in [3.8, 4) is 11.5 Å². The fraction of sp³-hybridized carbons (Fsp3) is 0.567. The van der Waals surface area contributed by atoms with E-state index in [1.165, 1.54) is 11.1 Å². The van der Waals surface area contributed by atoms with Gasteiger partial charge in [-0.15, -0.1) is 0 Å². The van der Waals surface area contributed by atoms with Gasteiger partial charge in [-0.3, -0.25) is 4.79 Å². The third kappa shape index (κ3) is 5.20. The average Bonchev–Trinajstić information content (AvgIpc) is 2.75. The molecule has 190 valence electrons. The lowest BCUT2D eigenvalue weighted by atomic mass is 9.71. The number of hydrogen-bond donors (Lipinski definition) is 1. The number of ether oxygens (including phenoxy) is 3. The topological polar surface area (TPSA) is 65.0 Å². The Labute approximate surface area is 209 Å². The quantitative estimate of drug-likeness (QED) is 0.529. The minimum absolute atomic E-state index is 0.0164. The molecule has 2 aromatic carbocycles. The van der Waals surface area contributed by atoms with Gasteiger partial charge in [0, 0.05) is 11.5 Å². The van der Waals surface area contributed by atoms with Gasteiger partial charge in [0.25, 0.3) is 0 Å². The lowest BCUT2D eigenvalue weighted by Crippen LogP contribution is -2.53. The second-order valence-corrected chi connectivity index (χ2v) is 12.7. The van der Waals surface area contributed by atoms with Crippen LogP contribution in [-0.2, 0) is 20.4 Å². The van der Waals surface area contributed by atoms with E-state index in [0.717, 1.165) is 17.1 Å². The highest BCUT2D eigenvalue weighted by atomic mass is 16.6. The second-order valence-electron chi connectivity index (χ2n) is 12.7. The van der Waals surface area contributed by atoms with E-state index in [9.17, 15) is 9.90 Å². The van der Waals surface area contributed by atoms with Gasteiger partial charge in [0.2, 0.25) is 0 Å². The fourth-order valence-electron chi connectivity index (χ4n) is 5.20. The maximum absolute atomic E-state index is 12.3. The first kappa shape index (κ1) is 25.6. The Morgan fingerprint density at radius 1 is 1.00 bits per heavy atom. The Bertz CT molecular complexity index is 1070. The van der Waals surface area contributed by atoms with Gasteiger partial charge < -0.3 is 19.3 Å². The molecular formula is C30H40O5. The van der Waals surface area contributed by atoms with Gasteiger partial charge in [0.15, 0.2) is 0 Å². The van der Waals surface area contributed by atoms with Crippen LogP contribution in [0, 0.1) is 11.8 Å². The lowest BCUT2D eigenvalue weighted by molar-refractivity contribution is -0.192. The zero-order chi connectivity index (χ0) is 25.8. The summed E-state index contributed by atoms with van der Waals surface area (Å²) in [4.78, 5) is 12.3. The van der Waals surface area contributed by atoms with Crippen LogP contribution in [0.2, 0.25) is 0 Å². The van der Waals surface area contributed by atoms with Gasteiger partial charge >= 0.3 is 5.97 Å². The number of benzene rings is 2. The molecule has 2 aliphatic heterocycles. The first-order valence-corrected chi connectivity index (χ1v) is 12.6. The van der Waals surface area contributed by atoms with Gasteiger partial charge in [-0.25, -0.2) is 0 Å². The summed E-state index contributed by atoms with van der Waals surface area (Å²) in [6, 6.07) is 14.3. The largest absolute Gasteiger partial charge is 0.491 e. The molecule has 0 saturated carbocycles. The van der Waals surface area contributed by atoms with E-state index >= 15 is 0 Å². The summed E-state index contributed by atoms with van der Waals surface area (Å²) in [5.41, 5.74) is 2.93. The van der Waals surface area contributed by atoms with Crippen LogP contribution in [0.25, 0.3) is 0 Å². The summed E-state index contributed by atoms with van der Waals surface area (Å²) in [5.74, 6) is -0.0646. The van der Waals surface area contributed by atoms with Crippen LogP contribution in [0.5, 0.6) is 11.5 Å². The average molecular weight is 481 g/mol. The normalized spacial score (nSPS) is 25.7. The number of fused-ring (bicyclic) bond motifs is 3. The SMILES string of the molecule is CC(C)(C)c1ccc(OC[C@@H]2O[C@@H]3c4cc(C(C)(C)C)ccc4OC(C)(C)[C@H]3C[C@H]2C(=O)O)cc1. The summed E-state index contributed by atoms with van der Waals surface area (Å²) < 4.78 is 19.1. The number of aliphatic carboxylic acids is 1. The molecule has 5 heteroatoms. The molecule has 0 aliphatic carbocycles. The highest BCUT2D eigenvalue weighted by Crippen LogP contribution is 2.52. The molecule has 0 spiro atoms. The van der Waals surface area contributed by atoms with Crippen molar-refractivity contribution in [3.05, 3.63) is 59.2 Å². The van der Waals surface area contributed by atoms with E-state index in [-0.39, 0.29) is 29.5 Å². The Hall–Kier alpha value is -2.53. The number of carboxylic acids is 1. The lowest BCUT2D eigenvalue weighted by Gasteiger charge is -2.50. The highest BCUT2D eigenvalue weighted by molar-refractivity contribution is 5.71. The van der Waals surface area contributed by atoms with E-state index in [4.69, 9.17) is 14.2 Å². The molecule has 0 bridgehead atoms. The number of rotatable bonds is 4. The van der Waals surface area contributed by atoms with Crippen LogP contribution < -0.4 is 9.47 Å². The molecule has 2 heterocycles. The zero-order valence-electron chi connectivity index (χ0n) is 22.3. The predicted octanol–water partition coefficient (Wildman–Crippen LogP) is 6.68. The molecule has 2 aromatic rings. The van der Waals surface area contributed by atoms with Crippen molar-refractivity contribution in [2.45, 2.75) is 90.4 Å². The monoisotopic (exact) mass is 480 g/mol. The molecule has 5 nitrogen and oxygen atoms in total. The summed E-state index contributed by atoms with van der Waals surface area (Å²) in [6.45, 7) is 17.3.